The van der Waals surface area contributed by atoms with E-state index in [1.165, 1.54) is 5.57 Å². The molecule has 0 aliphatic carbocycles. The Labute approximate surface area is 109 Å². The Balaban J connectivity index is 2.46. The minimum Gasteiger partial charge on any atom is -0.333 e. The lowest BCUT2D eigenvalue weighted by atomic mass is 9.90. The molecule has 0 N–H and O–H groups in total. The highest BCUT2D eigenvalue weighted by Gasteiger charge is 2.32. The summed E-state index contributed by atoms with van der Waals surface area (Å²) in [5, 5.41) is 0. The fraction of sp³-hybridized carbons (Fsp3) is 0.438. The lowest BCUT2D eigenvalue weighted by molar-refractivity contribution is -0.129. The summed E-state index contributed by atoms with van der Waals surface area (Å²) in [4.78, 5) is 14.7. The predicted octanol–water partition coefficient (Wildman–Crippen LogP) is 3.49. The molecule has 1 aromatic rings. The Kier molecular flexibility index (Phi) is 3.55. The monoisotopic (exact) mass is 243 g/mol. The summed E-state index contributed by atoms with van der Waals surface area (Å²) >= 11 is 0. The second-order valence-electron chi connectivity index (χ2n) is 5.38. The zero-order valence-corrected chi connectivity index (χ0v) is 11.6. The van der Waals surface area contributed by atoms with E-state index in [0.29, 0.717) is 6.04 Å². The Morgan fingerprint density at radius 2 is 1.83 bits per heavy atom. The van der Waals surface area contributed by atoms with Gasteiger partial charge in [-0.25, -0.2) is 0 Å². The van der Waals surface area contributed by atoms with E-state index >= 15 is 0 Å². The second kappa shape index (κ2) is 4.97. The van der Waals surface area contributed by atoms with Gasteiger partial charge in [-0.15, -0.1) is 0 Å². The number of benzene rings is 1. The summed E-state index contributed by atoms with van der Waals surface area (Å²) in [6.07, 6.45) is 0.966. The molecule has 1 aliphatic rings. The van der Waals surface area contributed by atoms with Crippen LogP contribution in [-0.4, -0.2) is 22.9 Å². The molecule has 0 saturated carbocycles. The summed E-state index contributed by atoms with van der Waals surface area (Å²) < 4.78 is 0. The molecule has 0 aromatic heterocycles. The van der Waals surface area contributed by atoms with Crippen LogP contribution < -0.4 is 0 Å². The van der Waals surface area contributed by atoms with E-state index in [0.717, 1.165) is 17.6 Å². The van der Waals surface area contributed by atoms with Crippen molar-refractivity contribution in [2.24, 2.45) is 0 Å². The summed E-state index contributed by atoms with van der Waals surface area (Å²) in [6, 6.07) is 10.5. The molecule has 2 nitrogen and oxygen atoms in total. The Morgan fingerprint density at radius 1 is 1.22 bits per heavy atom. The van der Waals surface area contributed by atoms with Crippen LogP contribution in [0.25, 0.3) is 5.57 Å². The number of amides is 1. The van der Waals surface area contributed by atoms with Crippen LogP contribution in [0, 0.1) is 0 Å². The number of carbonyl (C=O) groups excluding carboxylic acids is 1. The molecule has 1 aliphatic heterocycles. The molecule has 1 amide bonds. The van der Waals surface area contributed by atoms with Crippen LogP contribution >= 0.6 is 0 Å². The highest BCUT2D eigenvalue weighted by Crippen LogP contribution is 2.31. The highest BCUT2D eigenvalue weighted by molar-refractivity contribution is 6.21. The summed E-state index contributed by atoms with van der Waals surface area (Å²) in [6.45, 7) is 8.37. The van der Waals surface area contributed by atoms with Gasteiger partial charge in [0.05, 0.1) is 0 Å². The third-order valence-electron chi connectivity index (χ3n) is 3.57. The van der Waals surface area contributed by atoms with Crippen LogP contribution in [0.15, 0.2) is 35.9 Å². The van der Waals surface area contributed by atoms with Gasteiger partial charge in [-0.1, -0.05) is 35.9 Å². The van der Waals surface area contributed by atoms with Crippen molar-refractivity contribution in [2.45, 2.75) is 46.2 Å². The molecule has 2 heteroatoms. The average molecular weight is 243 g/mol. The molecule has 1 heterocycles. The number of hydrogen-bond donors (Lipinski definition) is 0. The van der Waals surface area contributed by atoms with Gasteiger partial charge < -0.3 is 4.90 Å². The minimum absolute atomic E-state index is 0.174. The van der Waals surface area contributed by atoms with Gasteiger partial charge in [-0.05, 0) is 39.7 Å². The maximum atomic E-state index is 12.7. The largest absolute Gasteiger partial charge is 0.333 e. The molecule has 0 spiro atoms. The zero-order valence-electron chi connectivity index (χ0n) is 11.6. The summed E-state index contributed by atoms with van der Waals surface area (Å²) in [5.41, 5.74) is 3.13. The molecule has 2 rings (SSSR count). The van der Waals surface area contributed by atoms with Crippen molar-refractivity contribution in [3.63, 3.8) is 0 Å². The van der Waals surface area contributed by atoms with Gasteiger partial charge in [-0.2, -0.15) is 0 Å². The van der Waals surface area contributed by atoms with Crippen LogP contribution in [0.2, 0.25) is 0 Å². The van der Waals surface area contributed by atoms with Gasteiger partial charge in [0.1, 0.15) is 0 Å². The van der Waals surface area contributed by atoms with Crippen LogP contribution in [0.4, 0.5) is 0 Å². The van der Waals surface area contributed by atoms with Gasteiger partial charge in [-0.3, -0.25) is 4.79 Å². The van der Waals surface area contributed by atoms with Crippen molar-refractivity contribution in [1.82, 2.24) is 4.90 Å². The number of carbonyl (C=O) groups is 1. The Bertz CT molecular complexity index is 473. The molecule has 1 unspecified atom stereocenters. The normalized spacial score (nSPS) is 20.8. The SMILES string of the molecule is CC1=C(c2ccccc2)C(=O)N(C(C)C)C(C)C1. The number of hydrogen-bond acceptors (Lipinski definition) is 1. The second-order valence-corrected chi connectivity index (χ2v) is 5.38. The van der Waals surface area contributed by atoms with E-state index in [-0.39, 0.29) is 11.9 Å². The van der Waals surface area contributed by atoms with E-state index in [9.17, 15) is 4.79 Å². The van der Waals surface area contributed by atoms with Gasteiger partial charge in [0.25, 0.3) is 5.91 Å². The molecule has 1 aromatic carbocycles. The van der Waals surface area contributed by atoms with E-state index in [1.54, 1.807) is 0 Å². The van der Waals surface area contributed by atoms with Crippen molar-refractivity contribution in [2.75, 3.05) is 0 Å². The van der Waals surface area contributed by atoms with E-state index in [1.807, 2.05) is 35.2 Å². The van der Waals surface area contributed by atoms with Crippen LogP contribution in [0.5, 0.6) is 0 Å². The first kappa shape index (κ1) is 12.9. The molecule has 0 saturated heterocycles. The first-order chi connectivity index (χ1) is 8.52. The number of rotatable bonds is 2. The van der Waals surface area contributed by atoms with Crippen molar-refractivity contribution >= 4 is 11.5 Å². The maximum Gasteiger partial charge on any atom is 0.254 e. The third-order valence-corrected chi connectivity index (χ3v) is 3.57. The van der Waals surface area contributed by atoms with Crippen LogP contribution in [0.1, 0.15) is 39.7 Å². The summed E-state index contributed by atoms with van der Waals surface area (Å²) in [7, 11) is 0. The van der Waals surface area contributed by atoms with Gasteiger partial charge in [0.2, 0.25) is 0 Å². The topological polar surface area (TPSA) is 20.3 Å². The third kappa shape index (κ3) is 2.20. The number of nitrogens with zero attached hydrogens (tertiary/aromatic N) is 1. The Morgan fingerprint density at radius 3 is 2.39 bits per heavy atom. The fourth-order valence-corrected chi connectivity index (χ4v) is 2.87. The first-order valence-electron chi connectivity index (χ1n) is 6.60. The van der Waals surface area contributed by atoms with Crippen molar-refractivity contribution in [3.05, 3.63) is 41.5 Å². The molecule has 96 valence electrons. The first-order valence-corrected chi connectivity index (χ1v) is 6.60. The average Bonchev–Trinajstić information content (AvgIpc) is 2.28. The molecular weight excluding hydrogens is 222 g/mol. The van der Waals surface area contributed by atoms with Crippen LogP contribution in [0.3, 0.4) is 0 Å². The molecular formula is C16H21NO. The highest BCUT2D eigenvalue weighted by atomic mass is 16.2. The van der Waals surface area contributed by atoms with E-state index < -0.39 is 0 Å². The van der Waals surface area contributed by atoms with Gasteiger partial charge >= 0.3 is 0 Å². The van der Waals surface area contributed by atoms with Crippen molar-refractivity contribution in [1.29, 1.82) is 0 Å². The molecule has 1 atom stereocenters. The zero-order chi connectivity index (χ0) is 13.3. The molecule has 18 heavy (non-hydrogen) atoms. The van der Waals surface area contributed by atoms with Crippen LogP contribution in [-0.2, 0) is 4.79 Å². The molecule has 0 radical (unpaired) electrons. The molecule has 0 bridgehead atoms. The summed E-state index contributed by atoms with van der Waals surface area (Å²) in [5.74, 6) is 0.174. The standard InChI is InChI=1S/C16H21NO/c1-11(2)17-13(4)10-12(3)15(16(17)18)14-8-6-5-7-9-14/h5-9,11,13H,10H2,1-4H3. The van der Waals surface area contributed by atoms with E-state index in [2.05, 4.69) is 27.7 Å². The lowest BCUT2D eigenvalue weighted by Crippen LogP contribution is -2.46. The minimum atomic E-state index is 0.174. The van der Waals surface area contributed by atoms with Crippen molar-refractivity contribution < 1.29 is 4.79 Å². The van der Waals surface area contributed by atoms with Crippen molar-refractivity contribution in [3.8, 4) is 0 Å². The Hall–Kier alpha value is -1.57. The van der Waals surface area contributed by atoms with Gasteiger partial charge in [0.15, 0.2) is 0 Å². The fourth-order valence-electron chi connectivity index (χ4n) is 2.87. The smallest absolute Gasteiger partial charge is 0.254 e. The molecule has 0 fully saturated rings. The quantitative estimate of drug-likeness (QED) is 0.778. The predicted molar refractivity (Wildman–Crippen MR) is 75.1 cm³/mol. The maximum absolute atomic E-state index is 12.7. The van der Waals surface area contributed by atoms with E-state index in [4.69, 9.17) is 0 Å². The van der Waals surface area contributed by atoms with Gasteiger partial charge in [0, 0.05) is 17.7 Å². The lowest BCUT2D eigenvalue weighted by Gasteiger charge is -2.38.